The number of nitrogens with two attached hydrogens (primary N) is 1. The first kappa shape index (κ1) is 14.8. The molecule has 0 aliphatic heterocycles. The highest BCUT2D eigenvalue weighted by atomic mass is 35.5. The number of rotatable bonds is 4. The molecule has 0 amide bonds. The molecule has 0 fully saturated rings. The van der Waals surface area contributed by atoms with E-state index in [0.29, 0.717) is 22.4 Å². The SMILES string of the molecule is Cc1cccc(C)c1COc1ccc(C(N)=S)cc1Cl. The first-order valence-electron chi connectivity index (χ1n) is 6.26. The van der Waals surface area contributed by atoms with E-state index in [1.54, 1.807) is 12.1 Å². The minimum atomic E-state index is 0.327. The van der Waals surface area contributed by atoms with Gasteiger partial charge < -0.3 is 10.5 Å². The molecule has 0 heterocycles. The fraction of sp³-hybridized carbons (Fsp3) is 0.188. The summed E-state index contributed by atoms with van der Waals surface area (Å²) < 4.78 is 5.80. The maximum Gasteiger partial charge on any atom is 0.138 e. The van der Waals surface area contributed by atoms with E-state index < -0.39 is 0 Å². The second-order valence-corrected chi connectivity index (χ2v) is 5.52. The fourth-order valence-corrected chi connectivity index (χ4v) is 2.36. The molecule has 0 bridgehead atoms. The molecule has 2 rings (SSSR count). The Morgan fingerprint density at radius 2 is 1.85 bits per heavy atom. The number of hydrogen-bond acceptors (Lipinski definition) is 2. The van der Waals surface area contributed by atoms with Gasteiger partial charge in [-0.3, -0.25) is 0 Å². The monoisotopic (exact) mass is 305 g/mol. The number of ether oxygens (including phenoxy) is 1. The maximum atomic E-state index is 6.18. The molecule has 0 unspecified atom stereocenters. The Bertz CT molecular complexity index is 635. The van der Waals surface area contributed by atoms with Gasteiger partial charge in [-0.15, -0.1) is 0 Å². The van der Waals surface area contributed by atoms with E-state index in [-0.39, 0.29) is 0 Å². The molecule has 0 aromatic heterocycles. The van der Waals surface area contributed by atoms with Gasteiger partial charge in [-0.1, -0.05) is 42.0 Å². The maximum absolute atomic E-state index is 6.18. The molecule has 2 nitrogen and oxygen atoms in total. The molecule has 2 N–H and O–H groups in total. The Labute approximate surface area is 129 Å². The smallest absolute Gasteiger partial charge is 0.138 e. The number of aryl methyl sites for hydroxylation is 2. The first-order valence-corrected chi connectivity index (χ1v) is 7.05. The molecule has 0 atom stereocenters. The third-order valence-corrected chi connectivity index (χ3v) is 3.76. The van der Waals surface area contributed by atoms with E-state index in [1.165, 1.54) is 16.7 Å². The van der Waals surface area contributed by atoms with Crippen LogP contribution in [0.4, 0.5) is 0 Å². The van der Waals surface area contributed by atoms with Crippen molar-refractivity contribution in [3.63, 3.8) is 0 Å². The molecular weight excluding hydrogens is 290 g/mol. The van der Waals surface area contributed by atoms with Crippen molar-refractivity contribution in [2.45, 2.75) is 20.5 Å². The average molecular weight is 306 g/mol. The van der Waals surface area contributed by atoms with Crippen LogP contribution in [-0.2, 0) is 6.61 Å². The first-order chi connectivity index (χ1) is 9.49. The van der Waals surface area contributed by atoms with E-state index in [0.717, 1.165) is 5.56 Å². The highest BCUT2D eigenvalue weighted by molar-refractivity contribution is 7.80. The summed E-state index contributed by atoms with van der Waals surface area (Å²) in [5.41, 5.74) is 9.91. The van der Waals surface area contributed by atoms with Crippen LogP contribution in [0.3, 0.4) is 0 Å². The zero-order valence-corrected chi connectivity index (χ0v) is 13.0. The van der Waals surface area contributed by atoms with Crippen LogP contribution in [0.2, 0.25) is 5.02 Å². The minimum absolute atomic E-state index is 0.327. The summed E-state index contributed by atoms with van der Waals surface area (Å²) in [5, 5.41) is 0.515. The van der Waals surface area contributed by atoms with Crippen molar-refractivity contribution in [3.8, 4) is 5.75 Å². The summed E-state index contributed by atoms with van der Waals surface area (Å²) in [6.07, 6.45) is 0. The summed E-state index contributed by atoms with van der Waals surface area (Å²) in [5.74, 6) is 0.634. The third kappa shape index (κ3) is 3.30. The normalized spacial score (nSPS) is 10.3. The molecule has 2 aromatic rings. The summed E-state index contributed by atoms with van der Waals surface area (Å²) in [6, 6.07) is 11.5. The second-order valence-electron chi connectivity index (χ2n) is 4.67. The molecular formula is C16H16ClNOS. The van der Waals surface area contributed by atoms with Crippen molar-refractivity contribution in [1.29, 1.82) is 0 Å². The fourth-order valence-electron chi connectivity index (χ4n) is 2.00. The molecule has 0 radical (unpaired) electrons. The van der Waals surface area contributed by atoms with Crippen LogP contribution in [0, 0.1) is 13.8 Å². The van der Waals surface area contributed by atoms with E-state index in [4.69, 9.17) is 34.3 Å². The predicted octanol–water partition coefficient (Wildman–Crippen LogP) is 4.17. The van der Waals surface area contributed by atoms with Crippen molar-refractivity contribution in [2.24, 2.45) is 5.73 Å². The Morgan fingerprint density at radius 3 is 2.40 bits per heavy atom. The summed E-state index contributed by atoms with van der Waals surface area (Å²) >= 11 is 11.1. The van der Waals surface area contributed by atoms with Gasteiger partial charge in [0.15, 0.2) is 0 Å². The molecule has 0 aliphatic rings. The number of hydrogen-bond donors (Lipinski definition) is 1. The highest BCUT2D eigenvalue weighted by Crippen LogP contribution is 2.27. The average Bonchev–Trinajstić information content (AvgIpc) is 2.39. The molecule has 0 aliphatic carbocycles. The number of halogens is 1. The van der Waals surface area contributed by atoms with E-state index in [1.807, 2.05) is 12.1 Å². The zero-order valence-electron chi connectivity index (χ0n) is 11.4. The van der Waals surface area contributed by atoms with Gasteiger partial charge in [-0.25, -0.2) is 0 Å². The Kier molecular flexibility index (Phi) is 4.63. The van der Waals surface area contributed by atoms with Crippen LogP contribution >= 0.6 is 23.8 Å². The Morgan fingerprint density at radius 1 is 1.20 bits per heavy atom. The lowest BCUT2D eigenvalue weighted by molar-refractivity contribution is 0.305. The van der Waals surface area contributed by atoms with Crippen LogP contribution in [0.5, 0.6) is 5.75 Å². The highest BCUT2D eigenvalue weighted by Gasteiger charge is 2.07. The van der Waals surface area contributed by atoms with Gasteiger partial charge in [0.2, 0.25) is 0 Å². The van der Waals surface area contributed by atoms with Gasteiger partial charge in [-0.05, 0) is 48.7 Å². The van der Waals surface area contributed by atoms with Crippen LogP contribution in [0.15, 0.2) is 36.4 Å². The van der Waals surface area contributed by atoms with Gasteiger partial charge in [-0.2, -0.15) is 0 Å². The third-order valence-electron chi connectivity index (χ3n) is 3.23. The Hall–Kier alpha value is -1.58. The largest absolute Gasteiger partial charge is 0.487 e. The van der Waals surface area contributed by atoms with E-state index in [2.05, 4.69) is 26.0 Å². The minimum Gasteiger partial charge on any atom is -0.487 e. The van der Waals surface area contributed by atoms with Crippen molar-refractivity contribution in [3.05, 3.63) is 63.7 Å². The lowest BCUT2D eigenvalue weighted by Gasteiger charge is -2.13. The van der Waals surface area contributed by atoms with Gasteiger partial charge in [0, 0.05) is 5.56 Å². The second kappa shape index (κ2) is 6.25. The molecule has 0 saturated carbocycles. The number of thiocarbonyl (C=S) groups is 1. The molecule has 4 heteroatoms. The van der Waals surface area contributed by atoms with Crippen molar-refractivity contribution in [1.82, 2.24) is 0 Å². The zero-order chi connectivity index (χ0) is 14.7. The van der Waals surface area contributed by atoms with Gasteiger partial charge in [0.25, 0.3) is 0 Å². The predicted molar refractivity (Wildman–Crippen MR) is 87.6 cm³/mol. The van der Waals surface area contributed by atoms with Crippen LogP contribution in [0.1, 0.15) is 22.3 Å². The quantitative estimate of drug-likeness (QED) is 0.861. The van der Waals surface area contributed by atoms with Crippen molar-refractivity contribution < 1.29 is 4.74 Å². The van der Waals surface area contributed by atoms with Crippen LogP contribution in [-0.4, -0.2) is 4.99 Å². The summed E-state index contributed by atoms with van der Waals surface area (Å²) in [6.45, 7) is 4.64. The standard InChI is InChI=1S/C16H16ClNOS/c1-10-4-3-5-11(2)13(10)9-19-15-7-6-12(16(18)20)8-14(15)17/h3-8H,9H2,1-2H3,(H2,18,20). The van der Waals surface area contributed by atoms with Gasteiger partial charge in [0.05, 0.1) is 5.02 Å². The molecule has 0 saturated heterocycles. The lowest BCUT2D eigenvalue weighted by atomic mass is 10.0. The molecule has 20 heavy (non-hydrogen) atoms. The van der Waals surface area contributed by atoms with Gasteiger partial charge >= 0.3 is 0 Å². The molecule has 0 spiro atoms. The van der Waals surface area contributed by atoms with E-state index >= 15 is 0 Å². The van der Waals surface area contributed by atoms with Crippen LogP contribution in [0.25, 0.3) is 0 Å². The van der Waals surface area contributed by atoms with Gasteiger partial charge in [0.1, 0.15) is 17.3 Å². The summed E-state index contributed by atoms with van der Waals surface area (Å²) in [4.78, 5) is 0.327. The Balaban J connectivity index is 2.17. The summed E-state index contributed by atoms with van der Waals surface area (Å²) in [7, 11) is 0. The molecule has 104 valence electrons. The topological polar surface area (TPSA) is 35.2 Å². The van der Waals surface area contributed by atoms with Crippen molar-refractivity contribution >= 4 is 28.8 Å². The van der Waals surface area contributed by atoms with Crippen LogP contribution < -0.4 is 10.5 Å². The van der Waals surface area contributed by atoms with E-state index in [9.17, 15) is 0 Å². The van der Waals surface area contributed by atoms with Crippen molar-refractivity contribution in [2.75, 3.05) is 0 Å². The molecule has 2 aromatic carbocycles. The lowest BCUT2D eigenvalue weighted by Crippen LogP contribution is -2.09. The number of benzene rings is 2.